The van der Waals surface area contributed by atoms with Crippen molar-refractivity contribution < 1.29 is 9.53 Å². The van der Waals surface area contributed by atoms with Gasteiger partial charge in [-0.1, -0.05) is 29.3 Å². The van der Waals surface area contributed by atoms with Gasteiger partial charge in [0.15, 0.2) is 6.10 Å². The normalized spacial score (nSPS) is 19.0. The summed E-state index contributed by atoms with van der Waals surface area (Å²) in [5, 5.41) is 1.80. The SMILES string of the molecule is NC(=O)[C@H]1CN(c2ccc3ccc(Cl)c(Cl)c3n2)CCO1. The van der Waals surface area contributed by atoms with Crippen molar-refractivity contribution in [2.75, 3.05) is 24.6 Å². The Labute approximate surface area is 131 Å². The molecule has 1 aromatic heterocycles. The zero-order valence-corrected chi connectivity index (χ0v) is 12.6. The number of fused-ring (bicyclic) bond motifs is 1. The number of pyridine rings is 1. The summed E-state index contributed by atoms with van der Waals surface area (Å²) in [6, 6.07) is 7.42. The number of nitrogens with two attached hydrogens (primary N) is 1. The zero-order valence-electron chi connectivity index (χ0n) is 11.1. The Hall–Kier alpha value is -1.56. The number of aromatic nitrogens is 1. The van der Waals surface area contributed by atoms with Gasteiger partial charge in [-0.2, -0.15) is 0 Å². The molecule has 1 atom stereocenters. The van der Waals surface area contributed by atoms with Crippen LogP contribution in [-0.4, -0.2) is 36.7 Å². The molecular weight excluding hydrogens is 313 g/mol. The van der Waals surface area contributed by atoms with Crippen molar-refractivity contribution in [2.24, 2.45) is 5.73 Å². The maximum Gasteiger partial charge on any atom is 0.248 e. The monoisotopic (exact) mass is 325 g/mol. The van der Waals surface area contributed by atoms with Gasteiger partial charge >= 0.3 is 0 Å². The van der Waals surface area contributed by atoms with Gasteiger partial charge < -0.3 is 15.4 Å². The first-order chi connectivity index (χ1) is 10.1. The fourth-order valence-corrected chi connectivity index (χ4v) is 2.69. The largest absolute Gasteiger partial charge is 0.367 e. The molecular formula is C14H13Cl2N3O2. The van der Waals surface area contributed by atoms with Gasteiger partial charge in [0.25, 0.3) is 0 Å². The predicted molar refractivity (Wildman–Crippen MR) is 82.9 cm³/mol. The van der Waals surface area contributed by atoms with Crippen LogP contribution in [0.2, 0.25) is 10.0 Å². The van der Waals surface area contributed by atoms with E-state index >= 15 is 0 Å². The van der Waals surface area contributed by atoms with Crippen molar-refractivity contribution in [3.8, 4) is 0 Å². The molecule has 1 aliphatic heterocycles. The summed E-state index contributed by atoms with van der Waals surface area (Å²) in [6.45, 7) is 1.45. The van der Waals surface area contributed by atoms with E-state index in [1.54, 1.807) is 6.07 Å². The van der Waals surface area contributed by atoms with Crippen molar-refractivity contribution in [1.82, 2.24) is 4.98 Å². The Morgan fingerprint density at radius 1 is 1.33 bits per heavy atom. The summed E-state index contributed by atoms with van der Waals surface area (Å²) in [7, 11) is 0. The first-order valence-corrected chi connectivity index (χ1v) is 7.22. The van der Waals surface area contributed by atoms with E-state index in [4.69, 9.17) is 33.7 Å². The quantitative estimate of drug-likeness (QED) is 0.919. The lowest BCUT2D eigenvalue weighted by Gasteiger charge is -2.32. The number of nitrogens with zero attached hydrogens (tertiary/aromatic N) is 2. The van der Waals surface area contributed by atoms with Crippen molar-refractivity contribution in [1.29, 1.82) is 0 Å². The minimum Gasteiger partial charge on any atom is -0.367 e. The van der Waals surface area contributed by atoms with E-state index in [9.17, 15) is 4.79 Å². The van der Waals surface area contributed by atoms with E-state index < -0.39 is 12.0 Å². The molecule has 1 amide bonds. The molecule has 5 nitrogen and oxygen atoms in total. The Morgan fingerprint density at radius 3 is 2.86 bits per heavy atom. The van der Waals surface area contributed by atoms with Gasteiger partial charge in [-0.05, 0) is 18.2 Å². The molecule has 0 unspecified atom stereocenters. The minimum atomic E-state index is -0.619. The highest BCUT2D eigenvalue weighted by molar-refractivity contribution is 6.45. The highest BCUT2D eigenvalue weighted by Gasteiger charge is 2.25. The molecule has 1 fully saturated rings. The average molecular weight is 326 g/mol. The van der Waals surface area contributed by atoms with Crippen LogP contribution in [0.4, 0.5) is 5.82 Å². The summed E-state index contributed by atoms with van der Waals surface area (Å²) in [6.07, 6.45) is -0.619. The minimum absolute atomic E-state index is 0.381. The van der Waals surface area contributed by atoms with E-state index in [1.165, 1.54) is 0 Å². The molecule has 2 heterocycles. The predicted octanol–water partition coefficient (Wildman–Crippen LogP) is 2.23. The van der Waals surface area contributed by atoms with Gasteiger partial charge in [-0.3, -0.25) is 4.79 Å². The molecule has 1 aromatic carbocycles. The number of halogens is 2. The lowest BCUT2D eigenvalue weighted by atomic mass is 10.2. The van der Waals surface area contributed by atoms with Crippen LogP contribution in [0.3, 0.4) is 0 Å². The number of primary amides is 1. The van der Waals surface area contributed by atoms with E-state index in [0.29, 0.717) is 35.3 Å². The van der Waals surface area contributed by atoms with Gasteiger partial charge in [0.05, 0.1) is 28.7 Å². The van der Waals surface area contributed by atoms with Crippen LogP contribution in [0.1, 0.15) is 0 Å². The molecule has 0 aliphatic carbocycles. The third-order valence-corrected chi connectivity index (χ3v) is 4.24. The number of anilines is 1. The van der Waals surface area contributed by atoms with Crippen LogP contribution in [0.15, 0.2) is 24.3 Å². The van der Waals surface area contributed by atoms with Gasteiger partial charge in [0, 0.05) is 11.9 Å². The molecule has 0 spiro atoms. The highest BCUT2D eigenvalue weighted by Crippen LogP contribution is 2.31. The fourth-order valence-electron chi connectivity index (χ4n) is 2.32. The third-order valence-electron chi connectivity index (χ3n) is 3.45. The molecule has 0 bridgehead atoms. The number of benzene rings is 1. The van der Waals surface area contributed by atoms with E-state index in [0.717, 1.165) is 11.2 Å². The van der Waals surface area contributed by atoms with Crippen LogP contribution in [0.25, 0.3) is 10.9 Å². The van der Waals surface area contributed by atoms with Crippen LogP contribution < -0.4 is 10.6 Å². The second-order valence-electron chi connectivity index (χ2n) is 4.81. The first-order valence-electron chi connectivity index (χ1n) is 6.47. The molecule has 0 saturated carbocycles. The van der Waals surface area contributed by atoms with Crippen LogP contribution >= 0.6 is 23.2 Å². The molecule has 110 valence electrons. The summed E-state index contributed by atoms with van der Waals surface area (Å²) < 4.78 is 5.33. The summed E-state index contributed by atoms with van der Waals surface area (Å²) >= 11 is 12.2. The number of hydrogen-bond acceptors (Lipinski definition) is 4. The molecule has 21 heavy (non-hydrogen) atoms. The Kier molecular flexibility index (Phi) is 3.89. The summed E-state index contributed by atoms with van der Waals surface area (Å²) in [5.74, 6) is 0.253. The van der Waals surface area contributed by atoms with Crippen LogP contribution in [-0.2, 0) is 9.53 Å². The van der Waals surface area contributed by atoms with Gasteiger partial charge in [0.1, 0.15) is 5.82 Å². The van der Waals surface area contributed by atoms with Crippen molar-refractivity contribution >= 4 is 45.8 Å². The Bertz CT molecular complexity index is 708. The molecule has 1 saturated heterocycles. The summed E-state index contributed by atoms with van der Waals surface area (Å²) in [5.41, 5.74) is 5.93. The van der Waals surface area contributed by atoms with Gasteiger partial charge in [-0.15, -0.1) is 0 Å². The zero-order chi connectivity index (χ0) is 15.0. The number of rotatable bonds is 2. The standard InChI is InChI=1S/C14H13Cl2N3O2/c15-9-3-1-8-2-4-11(18-13(8)12(9)16)19-5-6-21-10(7-19)14(17)20/h1-4,10H,5-7H2,(H2,17,20)/t10-/m1/s1. The van der Waals surface area contributed by atoms with Gasteiger partial charge in [-0.25, -0.2) is 4.98 Å². The fraction of sp³-hybridized carbons (Fsp3) is 0.286. The number of carbonyl (C=O) groups excluding carboxylic acids is 1. The highest BCUT2D eigenvalue weighted by atomic mass is 35.5. The average Bonchev–Trinajstić information content (AvgIpc) is 2.51. The Balaban J connectivity index is 1.97. The second-order valence-corrected chi connectivity index (χ2v) is 5.60. The number of hydrogen-bond donors (Lipinski definition) is 1. The van der Waals surface area contributed by atoms with E-state index in [-0.39, 0.29) is 0 Å². The molecule has 3 rings (SSSR count). The van der Waals surface area contributed by atoms with Crippen LogP contribution in [0, 0.1) is 0 Å². The second kappa shape index (κ2) is 5.67. The third kappa shape index (κ3) is 2.77. The number of ether oxygens (including phenoxy) is 1. The first kappa shape index (κ1) is 14.4. The summed E-state index contributed by atoms with van der Waals surface area (Å²) in [4.78, 5) is 17.8. The van der Waals surface area contributed by atoms with Crippen molar-refractivity contribution in [3.05, 3.63) is 34.3 Å². The van der Waals surface area contributed by atoms with E-state index in [1.807, 2.05) is 23.1 Å². The molecule has 1 aliphatic rings. The maximum atomic E-state index is 11.3. The molecule has 2 aromatic rings. The Morgan fingerprint density at radius 2 is 2.10 bits per heavy atom. The van der Waals surface area contributed by atoms with Crippen LogP contribution in [0.5, 0.6) is 0 Å². The number of carbonyl (C=O) groups is 1. The lowest BCUT2D eigenvalue weighted by Crippen LogP contribution is -2.48. The molecule has 2 N–H and O–H groups in total. The smallest absolute Gasteiger partial charge is 0.248 e. The topological polar surface area (TPSA) is 68.5 Å². The molecule has 7 heteroatoms. The van der Waals surface area contributed by atoms with Crippen molar-refractivity contribution in [2.45, 2.75) is 6.10 Å². The van der Waals surface area contributed by atoms with Gasteiger partial charge in [0.2, 0.25) is 5.91 Å². The van der Waals surface area contributed by atoms with E-state index in [2.05, 4.69) is 4.98 Å². The molecule has 0 radical (unpaired) electrons. The lowest BCUT2D eigenvalue weighted by molar-refractivity contribution is -0.130. The van der Waals surface area contributed by atoms with Crippen molar-refractivity contribution in [3.63, 3.8) is 0 Å². The maximum absolute atomic E-state index is 11.3. The number of amides is 1. The number of morpholine rings is 1.